The van der Waals surface area contributed by atoms with Gasteiger partial charge in [0.25, 0.3) is 0 Å². The number of aryl methyl sites for hydroxylation is 1. The molecule has 1 aromatic heterocycles. The Labute approximate surface area is 163 Å². The Morgan fingerprint density at radius 3 is 2.30 bits per heavy atom. The van der Waals surface area contributed by atoms with E-state index in [1.54, 1.807) is 6.20 Å². The first-order valence-electron chi connectivity index (χ1n) is 9.91. The minimum Gasteiger partial charge on any atom is -0.372 e. The lowest BCUT2D eigenvalue weighted by molar-refractivity contribution is -0.120. The van der Waals surface area contributed by atoms with E-state index >= 15 is 0 Å². The molecule has 5 nitrogen and oxygen atoms in total. The van der Waals surface area contributed by atoms with Crippen LogP contribution in [0.5, 0.6) is 0 Å². The van der Waals surface area contributed by atoms with Crippen LogP contribution in [0.15, 0.2) is 36.5 Å². The Kier molecular flexibility index (Phi) is 7.65. The van der Waals surface area contributed by atoms with Gasteiger partial charge < -0.3 is 15.5 Å². The zero-order chi connectivity index (χ0) is 19.8. The summed E-state index contributed by atoms with van der Waals surface area (Å²) in [6.45, 7) is 12.5. The number of hydrogen-bond acceptors (Lipinski definition) is 4. The smallest absolute Gasteiger partial charge is 0.227 e. The summed E-state index contributed by atoms with van der Waals surface area (Å²) in [5.41, 5.74) is 4.17. The van der Waals surface area contributed by atoms with Crippen LogP contribution in [0, 0.1) is 12.8 Å². The topological polar surface area (TPSA) is 57.3 Å². The maximum Gasteiger partial charge on any atom is 0.227 e. The first-order chi connectivity index (χ1) is 13.0. The average Bonchev–Trinajstić information content (AvgIpc) is 2.67. The molecule has 0 radical (unpaired) electrons. The maximum absolute atomic E-state index is 12.2. The molecule has 146 valence electrons. The fraction of sp³-hybridized carbons (Fsp3) is 0.455. The largest absolute Gasteiger partial charge is 0.372 e. The average molecular weight is 369 g/mol. The van der Waals surface area contributed by atoms with Crippen molar-refractivity contribution in [2.75, 3.05) is 28.6 Å². The number of nitrogens with one attached hydrogen (secondary N) is 2. The molecule has 0 unspecified atom stereocenters. The standard InChI is InChI=1S/C22H32N4O/c1-6-17(7-2)22(27)24-18-10-13-21(23-15-18)25-20-12-11-19(14-16(20)5)26(8-3)9-4/h10-15,17H,6-9H2,1-5H3,(H,23,25)(H,24,27). The molecule has 1 amide bonds. The summed E-state index contributed by atoms with van der Waals surface area (Å²) in [6, 6.07) is 10.2. The van der Waals surface area contributed by atoms with Crippen LogP contribution in [-0.4, -0.2) is 24.0 Å². The molecule has 1 aromatic carbocycles. The number of nitrogens with zero attached hydrogens (tertiary/aromatic N) is 2. The second-order valence-electron chi connectivity index (χ2n) is 6.73. The van der Waals surface area contributed by atoms with Crippen LogP contribution < -0.4 is 15.5 Å². The second-order valence-corrected chi connectivity index (χ2v) is 6.73. The molecule has 2 aromatic rings. The van der Waals surface area contributed by atoms with Crippen LogP contribution in [0.25, 0.3) is 0 Å². The van der Waals surface area contributed by atoms with Crippen molar-refractivity contribution >= 4 is 28.8 Å². The molecule has 0 bridgehead atoms. The Hall–Kier alpha value is -2.56. The molecule has 0 saturated carbocycles. The van der Waals surface area contributed by atoms with Crippen molar-refractivity contribution < 1.29 is 4.79 Å². The van der Waals surface area contributed by atoms with Gasteiger partial charge in [-0.05, 0) is 69.5 Å². The lowest BCUT2D eigenvalue weighted by atomic mass is 10.0. The molecule has 0 saturated heterocycles. The number of carbonyl (C=O) groups is 1. The Bertz CT molecular complexity index is 734. The highest BCUT2D eigenvalue weighted by molar-refractivity contribution is 5.92. The minimum absolute atomic E-state index is 0.0507. The van der Waals surface area contributed by atoms with Gasteiger partial charge in [-0.25, -0.2) is 4.98 Å². The van der Waals surface area contributed by atoms with Crippen molar-refractivity contribution in [1.82, 2.24) is 4.98 Å². The molecule has 0 aliphatic carbocycles. The molecule has 2 N–H and O–H groups in total. The molecular weight excluding hydrogens is 336 g/mol. The molecule has 27 heavy (non-hydrogen) atoms. The number of hydrogen-bond donors (Lipinski definition) is 2. The molecule has 0 spiro atoms. The Morgan fingerprint density at radius 1 is 1.07 bits per heavy atom. The quantitative estimate of drug-likeness (QED) is 0.626. The van der Waals surface area contributed by atoms with Gasteiger partial charge in [0.2, 0.25) is 5.91 Å². The van der Waals surface area contributed by atoms with Gasteiger partial charge in [0.1, 0.15) is 5.82 Å². The number of anilines is 4. The van der Waals surface area contributed by atoms with Gasteiger partial charge in [-0.3, -0.25) is 4.79 Å². The van der Waals surface area contributed by atoms with E-state index in [0.29, 0.717) is 0 Å². The van der Waals surface area contributed by atoms with E-state index in [1.807, 2.05) is 26.0 Å². The van der Waals surface area contributed by atoms with E-state index in [9.17, 15) is 4.79 Å². The van der Waals surface area contributed by atoms with Crippen LogP contribution in [0.3, 0.4) is 0 Å². The van der Waals surface area contributed by atoms with Crippen LogP contribution in [0.4, 0.5) is 22.9 Å². The summed E-state index contributed by atoms with van der Waals surface area (Å²) in [4.78, 5) is 18.9. The van der Waals surface area contributed by atoms with Gasteiger partial charge in [-0.15, -0.1) is 0 Å². The normalized spacial score (nSPS) is 10.7. The number of rotatable bonds is 9. The van der Waals surface area contributed by atoms with Crippen molar-refractivity contribution in [2.24, 2.45) is 5.92 Å². The zero-order valence-corrected chi connectivity index (χ0v) is 17.2. The summed E-state index contributed by atoms with van der Waals surface area (Å²) in [6.07, 6.45) is 3.39. The molecule has 1 heterocycles. The Morgan fingerprint density at radius 2 is 1.78 bits per heavy atom. The fourth-order valence-electron chi connectivity index (χ4n) is 3.16. The first kappa shape index (κ1) is 20.7. The van der Waals surface area contributed by atoms with Crippen LogP contribution >= 0.6 is 0 Å². The third-order valence-corrected chi connectivity index (χ3v) is 4.99. The molecule has 0 atom stereocenters. The summed E-state index contributed by atoms with van der Waals surface area (Å²) in [7, 11) is 0. The number of carbonyl (C=O) groups excluding carboxylic acids is 1. The lowest BCUT2D eigenvalue weighted by Crippen LogP contribution is -2.21. The lowest BCUT2D eigenvalue weighted by Gasteiger charge is -2.22. The number of benzene rings is 1. The second kappa shape index (κ2) is 9.95. The summed E-state index contributed by atoms with van der Waals surface area (Å²) in [5.74, 6) is 0.870. The van der Waals surface area contributed by atoms with Crippen LogP contribution in [0.2, 0.25) is 0 Å². The SMILES string of the molecule is CCC(CC)C(=O)Nc1ccc(Nc2ccc(N(CC)CC)cc2C)nc1. The van der Waals surface area contributed by atoms with E-state index < -0.39 is 0 Å². The maximum atomic E-state index is 12.2. The predicted molar refractivity (Wildman–Crippen MR) is 115 cm³/mol. The first-order valence-corrected chi connectivity index (χ1v) is 9.91. The van der Waals surface area contributed by atoms with E-state index in [4.69, 9.17) is 0 Å². The highest BCUT2D eigenvalue weighted by Gasteiger charge is 2.14. The van der Waals surface area contributed by atoms with Crippen LogP contribution in [-0.2, 0) is 4.79 Å². The summed E-state index contributed by atoms with van der Waals surface area (Å²) < 4.78 is 0. The van der Waals surface area contributed by atoms with Crippen molar-refractivity contribution in [2.45, 2.75) is 47.5 Å². The van der Waals surface area contributed by atoms with Crippen LogP contribution in [0.1, 0.15) is 46.1 Å². The van der Waals surface area contributed by atoms with Gasteiger partial charge in [-0.1, -0.05) is 13.8 Å². The van der Waals surface area contributed by atoms with Gasteiger partial charge in [0.05, 0.1) is 11.9 Å². The van der Waals surface area contributed by atoms with E-state index in [-0.39, 0.29) is 11.8 Å². The highest BCUT2D eigenvalue weighted by Crippen LogP contribution is 2.25. The van der Waals surface area contributed by atoms with Crippen molar-refractivity contribution in [1.29, 1.82) is 0 Å². The highest BCUT2D eigenvalue weighted by atomic mass is 16.1. The minimum atomic E-state index is 0.0507. The van der Waals surface area contributed by atoms with Gasteiger partial charge in [0.15, 0.2) is 0 Å². The Balaban J connectivity index is 2.05. The van der Waals surface area contributed by atoms with Crippen molar-refractivity contribution in [3.63, 3.8) is 0 Å². The molecule has 0 fully saturated rings. The number of amides is 1. The third-order valence-electron chi connectivity index (χ3n) is 4.99. The molecular formula is C22H32N4O. The van der Waals surface area contributed by atoms with E-state index in [0.717, 1.165) is 43.1 Å². The molecule has 0 aliphatic rings. The third kappa shape index (κ3) is 5.46. The van der Waals surface area contributed by atoms with Crippen molar-refractivity contribution in [3.8, 4) is 0 Å². The molecule has 0 aliphatic heterocycles. The van der Waals surface area contributed by atoms with E-state index in [1.165, 1.54) is 11.3 Å². The summed E-state index contributed by atoms with van der Waals surface area (Å²) >= 11 is 0. The number of aromatic nitrogens is 1. The molecule has 2 rings (SSSR count). The van der Waals surface area contributed by atoms with Crippen molar-refractivity contribution in [3.05, 3.63) is 42.1 Å². The summed E-state index contributed by atoms with van der Waals surface area (Å²) in [5, 5.41) is 6.30. The van der Waals surface area contributed by atoms with E-state index in [2.05, 4.69) is 59.5 Å². The predicted octanol–water partition coefficient (Wildman–Crippen LogP) is 5.35. The van der Waals surface area contributed by atoms with Gasteiger partial charge >= 0.3 is 0 Å². The zero-order valence-electron chi connectivity index (χ0n) is 17.2. The number of pyridine rings is 1. The van der Waals surface area contributed by atoms with Gasteiger partial charge in [0, 0.05) is 30.4 Å². The molecule has 5 heteroatoms. The fourth-order valence-corrected chi connectivity index (χ4v) is 3.16. The monoisotopic (exact) mass is 368 g/mol. The van der Waals surface area contributed by atoms with Gasteiger partial charge in [-0.2, -0.15) is 0 Å².